The monoisotopic (exact) mass is 279 g/mol. The highest BCUT2D eigenvalue weighted by Gasteiger charge is 2.19. The number of H-pyrrole nitrogens is 1. The van der Waals surface area contributed by atoms with Crippen molar-refractivity contribution >= 4 is 16.9 Å². The Morgan fingerprint density at radius 1 is 1.20 bits per heavy atom. The lowest BCUT2D eigenvalue weighted by Crippen LogP contribution is -1.99. The van der Waals surface area contributed by atoms with Gasteiger partial charge in [-0.3, -0.25) is 4.79 Å². The lowest BCUT2D eigenvalue weighted by Gasteiger charge is -2.13. The highest BCUT2D eigenvalue weighted by molar-refractivity contribution is 5.94. The lowest BCUT2D eigenvalue weighted by molar-refractivity contribution is -0.136. The second-order valence-corrected chi connectivity index (χ2v) is 4.28. The number of methoxy groups -OCH3 is 3. The fraction of sp³-hybridized carbons (Fsp3) is 0.357. The molecule has 2 rings (SSSR count). The largest absolute Gasteiger partial charge is 0.493 e. The van der Waals surface area contributed by atoms with Gasteiger partial charge in [-0.15, -0.1) is 0 Å². The van der Waals surface area contributed by atoms with Gasteiger partial charge in [0.05, 0.1) is 26.8 Å². The summed E-state index contributed by atoms with van der Waals surface area (Å²) in [5, 5.41) is 9.63. The zero-order valence-electron chi connectivity index (χ0n) is 11.6. The SMILES string of the molecule is COc1cc2[nH]cc(CCC(=O)O)c2c(OC)c1OC. The molecule has 1 heterocycles. The molecule has 0 spiro atoms. The van der Waals surface area contributed by atoms with Crippen LogP contribution in [0.2, 0.25) is 0 Å². The number of carboxylic acids is 1. The van der Waals surface area contributed by atoms with Gasteiger partial charge in [0.1, 0.15) is 0 Å². The molecule has 0 atom stereocenters. The molecule has 0 saturated carbocycles. The Labute approximate surface area is 116 Å². The van der Waals surface area contributed by atoms with Gasteiger partial charge in [-0.1, -0.05) is 0 Å². The minimum atomic E-state index is -0.834. The van der Waals surface area contributed by atoms with Gasteiger partial charge in [-0.25, -0.2) is 0 Å². The Hall–Kier alpha value is -2.37. The molecule has 0 saturated heterocycles. The molecule has 2 N–H and O–H groups in total. The Morgan fingerprint density at radius 2 is 1.90 bits per heavy atom. The van der Waals surface area contributed by atoms with Crippen LogP contribution in [0.15, 0.2) is 12.3 Å². The summed E-state index contributed by atoms with van der Waals surface area (Å²) in [6, 6.07) is 1.81. The van der Waals surface area contributed by atoms with Crippen LogP contribution in [0.5, 0.6) is 17.2 Å². The number of benzene rings is 1. The first-order chi connectivity index (χ1) is 9.62. The quantitative estimate of drug-likeness (QED) is 0.847. The molecule has 1 aromatic carbocycles. The first-order valence-corrected chi connectivity index (χ1v) is 6.13. The maximum atomic E-state index is 10.7. The molecule has 6 nitrogen and oxygen atoms in total. The molecule has 6 heteroatoms. The molecular formula is C14H17NO5. The molecule has 0 aliphatic rings. The van der Waals surface area contributed by atoms with E-state index in [1.165, 1.54) is 7.11 Å². The van der Waals surface area contributed by atoms with E-state index < -0.39 is 5.97 Å². The summed E-state index contributed by atoms with van der Waals surface area (Å²) in [6.07, 6.45) is 2.26. The van der Waals surface area contributed by atoms with E-state index >= 15 is 0 Å². The van der Waals surface area contributed by atoms with E-state index in [-0.39, 0.29) is 6.42 Å². The molecule has 0 radical (unpaired) electrons. The van der Waals surface area contributed by atoms with Crippen LogP contribution in [0.1, 0.15) is 12.0 Å². The second-order valence-electron chi connectivity index (χ2n) is 4.28. The third-order valence-electron chi connectivity index (χ3n) is 3.16. The summed E-state index contributed by atoms with van der Waals surface area (Å²) in [4.78, 5) is 13.8. The highest BCUT2D eigenvalue weighted by Crippen LogP contribution is 2.44. The fourth-order valence-corrected chi connectivity index (χ4v) is 2.26. The number of fused-ring (bicyclic) bond motifs is 1. The predicted octanol–water partition coefficient (Wildman–Crippen LogP) is 2.21. The van der Waals surface area contributed by atoms with Crippen molar-refractivity contribution in [3.8, 4) is 17.2 Å². The maximum Gasteiger partial charge on any atom is 0.303 e. The van der Waals surface area contributed by atoms with E-state index in [0.717, 1.165) is 16.5 Å². The van der Waals surface area contributed by atoms with Crippen molar-refractivity contribution in [2.45, 2.75) is 12.8 Å². The van der Waals surface area contributed by atoms with Crippen LogP contribution in [0.4, 0.5) is 0 Å². The van der Waals surface area contributed by atoms with Crippen LogP contribution < -0.4 is 14.2 Å². The number of nitrogens with one attached hydrogen (secondary N) is 1. The van der Waals surface area contributed by atoms with Crippen LogP contribution >= 0.6 is 0 Å². The van der Waals surface area contributed by atoms with Crippen molar-refractivity contribution in [3.63, 3.8) is 0 Å². The fourth-order valence-electron chi connectivity index (χ4n) is 2.26. The van der Waals surface area contributed by atoms with Gasteiger partial charge in [0.15, 0.2) is 11.5 Å². The molecule has 0 fully saturated rings. The number of carboxylic acid groups (broad SMARTS) is 1. The molecule has 0 amide bonds. The molecular weight excluding hydrogens is 262 g/mol. The number of aromatic nitrogens is 1. The lowest BCUT2D eigenvalue weighted by atomic mass is 10.1. The Kier molecular flexibility index (Phi) is 4.02. The van der Waals surface area contributed by atoms with E-state index in [0.29, 0.717) is 23.7 Å². The van der Waals surface area contributed by atoms with Crippen LogP contribution in [0.3, 0.4) is 0 Å². The minimum absolute atomic E-state index is 0.0600. The van der Waals surface area contributed by atoms with Crippen molar-refractivity contribution in [3.05, 3.63) is 17.8 Å². The summed E-state index contributed by atoms with van der Waals surface area (Å²) in [5.41, 5.74) is 1.69. The van der Waals surface area contributed by atoms with Crippen LogP contribution in [-0.2, 0) is 11.2 Å². The van der Waals surface area contributed by atoms with E-state index in [1.54, 1.807) is 26.5 Å². The Morgan fingerprint density at radius 3 is 2.45 bits per heavy atom. The van der Waals surface area contributed by atoms with E-state index in [9.17, 15) is 4.79 Å². The van der Waals surface area contributed by atoms with Crippen LogP contribution in [-0.4, -0.2) is 37.4 Å². The second kappa shape index (κ2) is 5.73. The predicted molar refractivity (Wildman–Crippen MR) is 73.9 cm³/mol. The molecule has 20 heavy (non-hydrogen) atoms. The number of rotatable bonds is 6. The van der Waals surface area contributed by atoms with E-state index in [4.69, 9.17) is 19.3 Å². The topological polar surface area (TPSA) is 80.8 Å². The normalized spacial score (nSPS) is 10.6. The number of aliphatic carboxylic acids is 1. The standard InChI is InChI=1S/C14H17NO5/c1-18-10-6-9-12(14(20-3)13(10)19-2)8(7-15-9)4-5-11(16)17/h6-7,15H,4-5H2,1-3H3,(H,16,17). The Bertz CT molecular complexity index is 632. The van der Waals surface area contributed by atoms with Crippen molar-refractivity contribution in [2.75, 3.05) is 21.3 Å². The van der Waals surface area contributed by atoms with Gasteiger partial charge < -0.3 is 24.3 Å². The molecule has 1 aromatic heterocycles. The summed E-state index contributed by atoms with van der Waals surface area (Å²) in [7, 11) is 4.64. The van der Waals surface area contributed by atoms with Crippen molar-refractivity contribution in [1.29, 1.82) is 0 Å². The average molecular weight is 279 g/mol. The maximum absolute atomic E-state index is 10.7. The number of hydrogen-bond donors (Lipinski definition) is 2. The minimum Gasteiger partial charge on any atom is -0.493 e. The zero-order valence-corrected chi connectivity index (χ0v) is 11.6. The van der Waals surface area contributed by atoms with Gasteiger partial charge in [0.2, 0.25) is 5.75 Å². The number of aryl methyl sites for hydroxylation is 1. The van der Waals surface area contributed by atoms with E-state index in [2.05, 4.69) is 4.98 Å². The van der Waals surface area contributed by atoms with Crippen LogP contribution in [0.25, 0.3) is 10.9 Å². The third kappa shape index (κ3) is 2.36. The molecule has 0 unspecified atom stereocenters. The smallest absolute Gasteiger partial charge is 0.303 e. The molecule has 0 aliphatic heterocycles. The number of carbonyl (C=O) groups is 1. The number of ether oxygens (including phenoxy) is 3. The molecule has 108 valence electrons. The van der Waals surface area contributed by atoms with Gasteiger partial charge in [-0.05, 0) is 12.0 Å². The third-order valence-corrected chi connectivity index (χ3v) is 3.16. The molecule has 2 aromatic rings. The van der Waals surface area contributed by atoms with Crippen molar-refractivity contribution in [1.82, 2.24) is 4.98 Å². The van der Waals surface area contributed by atoms with E-state index in [1.807, 2.05) is 0 Å². The van der Waals surface area contributed by atoms with Gasteiger partial charge in [-0.2, -0.15) is 0 Å². The highest BCUT2D eigenvalue weighted by atomic mass is 16.5. The summed E-state index contributed by atoms with van der Waals surface area (Å²) in [5.74, 6) is 0.768. The average Bonchev–Trinajstić information content (AvgIpc) is 2.85. The summed E-state index contributed by atoms with van der Waals surface area (Å²) >= 11 is 0. The Balaban J connectivity index is 2.60. The van der Waals surface area contributed by atoms with Crippen molar-refractivity contribution < 1.29 is 24.1 Å². The number of hydrogen-bond acceptors (Lipinski definition) is 4. The zero-order chi connectivity index (χ0) is 14.7. The van der Waals surface area contributed by atoms with Gasteiger partial charge in [0.25, 0.3) is 0 Å². The summed E-state index contributed by atoms with van der Waals surface area (Å²) < 4.78 is 16.0. The van der Waals surface area contributed by atoms with Gasteiger partial charge in [0, 0.05) is 24.1 Å². The van der Waals surface area contributed by atoms with Crippen LogP contribution in [0, 0.1) is 0 Å². The number of aromatic amines is 1. The summed E-state index contributed by atoms with van der Waals surface area (Å²) in [6.45, 7) is 0. The first kappa shape index (κ1) is 14.0. The molecule has 0 bridgehead atoms. The molecule has 0 aliphatic carbocycles. The van der Waals surface area contributed by atoms with Crippen molar-refractivity contribution in [2.24, 2.45) is 0 Å². The first-order valence-electron chi connectivity index (χ1n) is 6.13. The van der Waals surface area contributed by atoms with Gasteiger partial charge >= 0.3 is 5.97 Å².